The van der Waals surface area contributed by atoms with Gasteiger partial charge in [-0.15, -0.1) is 0 Å². The van der Waals surface area contributed by atoms with E-state index in [2.05, 4.69) is 24.3 Å². The Morgan fingerprint density at radius 1 is 0.810 bits per heavy atom. The summed E-state index contributed by atoms with van der Waals surface area (Å²) in [5.41, 5.74) is 6.50. The molecule has 0 spiro atoms. The summed E-state index contributed by atoms with van der Waals surface area (Å²) in [7, 11) is 0. The zero-order valence-corrected chi connectivity index (χ0v) is 12.6. The van der Waals surface area contributed by atoms with Gasteiger partial charge < -0.3 is 0 Å². The van der Waals surface area contributed by atoms with Gasteiger partial charge in [-0.05, 0) is 63.0 Å². The SMILES string of the molecule is c1ccc2c(N=C3CCCCC3)c3c(nc2c1)CCCC3. The second-order valence-electron chi connectivity index (χ2n) is 6.35. The molecule has 0 atom stereocenters. The fourth-order valence-electron chi connectivity index (χ4n) is 3.70. The summed E-state index contributed by atoms with van der Waals surface area (Å²) in [6.07, 6.45) is 11.2. The minimum atomic E-state index is 1.12. The lowest BCUT2D eigenvalue weighted by Gasteiger charge is -2.20. The van der Waals surface area contributed by atoms with E-state index < -0.39 is 0 Å². The number of hydrogen-bond acceptors (Lipinski definition) is 2. The average Bonchev–Trinajstić information content (AvgIpc) is 2.55. The first-order valence-electron chi connectivity index (χ1n) is 8.39. The van der Waals surface area contributed by atoms with E-state index in [1.165, 1.54) is 73.0 Å². The van der Waals surface area contributed by atoms with Crippen molar-refractivity contribution in [3.8, 4) is 0 Å². The Hall–Kier alpha value is -1.70. The Labute approximate surface area is 126 Å². The number of aromatic nitrogens is 1. The molecular formula is C19H22N2. The van der Waals surface area contributed by atoms with E-state index in [1.54, 1.807) is 0 Å². The predicted octanol–water partition coefficient (Wildman–Crippen LogP) is 5.15. The Balaban J connectivity index is 1.91. The van der Waals surface area contributed by atoms with Gasteiger partial charge in [0.25, 0.3) is 0 Å². The zero-order valence-electron chi connectivity index (χ0n) is 12.6. The monoisotopic (exact) mass is 278 g/mol. The maximum absolute atomic E-state index is 5.14. The number of para-hydroxylation sites is 1. The van der Waals surface area contributed by atoms with Crippen LogP contribution in [0.15, 0.2) is 29.3 Å². The largest absolute Gasteiger partial charge is 0.257 e. The summed E-state index contributed by atoms with van der Waals surface area (Å²) in [6, 6.07) is 8.53. The molecule has 0 bridgehead atoms. The molecule has 2 nitrogen and oxygen atoms in total. The van der Waals surface area contributed by atoms with E-state index in [9.17, 15) is 0 Å². The van der Waals surface area contributed by atoms with Crippen molar-refractivity contribution >= 4 is 22.3 Å². The van der Waals surface area contributed by atoms with Crippen molar-refractivity contribution in [3.05, 3.63) is 35.5 Å². The third kappa shape index (κ3) is 2.48. The van der Waals surface area contributed by atoms with Crippen molar-refractivity contribution in [1.82, 2.24) is 4.98 Å². The van der Waals surface area contributed by atoms with Crippen molar-refractivity contribution < 1.29 is 0 Å². The second kappa shape index (κ2) is 5.59. The van der Waals surface area contributed by atoms with Crippen LogP contribution in [-0.2, 0) is 12.8 Å². The molecule has 0 radical (unpaired) electrons. The lowest BCUT2D eigenvalue weighted by Crippen LogP contribution is -2.08. The highest BCUT2D eigenvalue weighted by atomic mass is 14.8. The molecule has 0 amide bonds. The lowest BCUT2D eigenvalue weighted by atomic mass is 9.92. The lowest BCUT2D eigenvalue weighted by molar-refractivity contribution is 0.663. The Morgan fingerprint density at radius 3 is 2.48 bits per heavy atom. The average molecular weight is 278 g/mol. The molecule has 21 heavy (non-hydrogen) atoms. The van der Waals surface area contributed by atoms with Gasteiger partial charge in [-0.3, -0.25) is 9.98 Å². The first-order chi connectivity index (χ1) is 10.4. The first kappa shape index (κ1) is 13.0. The zero-order chi connectivity index (χ0) is 14.1. The second-order valence-corrected chi connectivity index (χ2v) is 6.35. The molecule has 108 valence electrons. The Kier molecular flexibility index (Phi) is 3.46. The van der Waals surface area contributed by atoms with Gasteiger partial charge in [0.1, 0.15) is 0 Å². The van der Waals surface area contributed by atoms with Gasteiger partial charge in [0.2, 0.25) is 0 Å². The smallest absolute Gasteiger partial charge is 0.0773 e. The van der Waals surface area contributed by atoms with Crippen molar-refractivity contribution in [2.45, 2.75) is 57.8 Å². The van der Waals surface area contributed by atoms with Gasteiger partial charge in [0.15, 0.2) is 0 Å². The number of rotatable bonds is 1. The third-order valence-electron chi connectivity index (χ3n) is 4.84. The molecular weight excluding hydrogens is 256 g/mol. The summed E-state index contributed by atoms with van der Waals surface area (Å²) in [6.45, 7) is 0. The molecule has 1 heterocycles. The normalized spacial score (nSPS) is 18.6. The van der Waals surface area contributed by atoms with Crippen molar-refractivity contribution in [1.29, 1.82) is 0 Å². The fraction of sp³-hybridized carbons (Fsp3) is 0.474. The summed E-state index contributed by atoms with van der Waals surface area (Å²) >= 11 is 0. The quantitative estimate of drug-likeness (QED) is 0.708. The molecule has 1 fully saturated rings. The summed E-state index contributed by atoms with van der Waals surface area (Å²) in [5, 5.41) is 1.25. The number of pyridine rings is 1. The molecule has 0 unspecified atom stereocenters. The number of hydrogen-bond donors (Lipinski definition) is 0. The maximum Gasteiger partial charge on any atom is 0.0773 e. The molecule has 2 aliphatic carbocycles. The minimum Gasteiger partial charge on any atom is -0.257 e. The van der Waals surface area contributed by atoms with Crippen molar-refractivity contribution in [3.63, 3.8) is 0 Å². The van der Waals surface area contributed by atoms with E-state index in [4.69, 9.17) is 9.98 Å². The fourth-order valence-corrected chi connectivity index (χ4v) is 3.70. The van der Waals surface area contributed by atoms with Crippen LogP contribution in [0.2, 0.25) is 0 Å². The van der Waals surface area contributed by atoms with Gasteiger partial charge >= 0.3 is 0 Å². The molecule has 0 aliphatic heterocycles. The highest BCUT2D eigenvalue weighted by molar-refractivity contribution is 5.97. The predicted molar refractivity (Wildman–Crippen MR) is 88.6 cm³/mol. The van der Waals surface area contributed by atoms with E-state index in [1.807, 2.05) is 0 Å². The molecule has 0 saturated heterocycles. The van der Waals surface area contributed by atoms with Gasteiger partial charge in [-0.25, -0.2) is 0 Å². The van der Waals surface area contributed by atoms with Gasteiger partial charge in [0, 0.05) is 16.8 Å². The van der Waals surface area contributed by atoms with Crippen LogP contribution in [0.5, 0.6) is 0 Å². The van der Waals surface area contributed by atoms with Gasteiger partial charge in [0.05, 0.1) is 11.2 Å². The molecule has 4 rings (SSSR count). The van der Waals surface area contributed by atoms with Crippen LogP contribution in [0.3, 0.4) is 0 Å². The van der Waals surface area contributed by atoms with Crippen LogP contribution in [-0.4, -0.2) is 10.7 Å². The van der Waals surface area contributed by atoms with Gasteiger partial charge in [-0.2, -0.15) is 0 Å². The van der Waals surface area contributed by atoms with Crippen LogP contribution in [0.4, 0.5) is 5.69 Å². The standard InChI is InChI=1S/C19H22N2/c1-2-8-14(9-3-1)20-19-15-10-4-6-12-17(15)21-18-13-7-5-11-16(18)19/h4,6,10,12H,1-3,5,7-9,11,13H2. The number of fused-ring (bicyclic) bond motifs is 2. The topological polar surface area (TPSA) is 25.2 Å². The van der Waals surface area contributed by atoms with E-state index in [-0.39, 0.29) is 0 Å². The Bertz CT molecular complexity index is 692. The highest BCUT2D eigenvalue weighted by Crippen LogP contribution is 2.36. The van der Waals surface area contributed by atoms with E-state index in [0.717, 1.165) is 18.4 Å². The Morgan fingerprint density at radius 2 is 1.57 bits per heavy atom. The van der Waals surface area contributed by atoms with Crippen LogP contribution in [0, 0.1) is 0 Å². The number of nitrogens with zero attached hydrogens (tertiary/aromatic N) is 2. The first-order valence-corrected chi connectivity index (χ1v) is 8.39. The van der Waals surface area contributed by atoms with Crippen LogP contribution >= 0.6 is 0 Å². The number of aryl methyl sites for hydroxylation is 1. The number of benzene rings is 1. The van der Waals surface area contributed by atoms with Crippen LogP contribution in [0.25, 0.3) is 10.9 Å². The molecule has 1 aromatic carbocycles. The summed E-state index contributed by atoms with van der Waals surface area (Å²) in [5.74, 6) is 0. The van der Waals surface area contributed by atoms with Crippen LogP contribution < -0.4 is 0 Å². The van der Waals surface area contributed by atoms with E-state index in [0.29, 0.717) is 0 Å². The summed E-state index contributed by atoms with van der Waals surface area (Å²) in [4.78, 5) is 10.0. The molecule has 2 aromatic rings. The molecule has 2 heteroatoms. The maximum atomic E-state index is 5.14. The highest BCUT2D eigenvalue weighted by Gasteiger charge is 2.18. The number of aliphatic imine (C=N–C) groups is 1. The molecule has 1 aromatic heterocycles. The van der Waals surface area contributed by atoms with Crippen LogP contribution in [0.1, 0.15) is 56.2 Å². The molecule has 2 aliphatic rings. The van der Waals surface area contributed by atoms with Gasteiger partial charge in [-0.1, -0.05) is 24.6 Å². The minimum absolute atomic E-state index is 1.12. The summed E-state index contributed by atoms with van der Waals surface area (Å²) < 4.78 is 0. The molecule has 1 saturated carbocycles. The van der Waals surface area contributed by atoms with Crippen molar-refractivity contribution in [2.75, 3.05) is 0 Å². The molecule has 0 N–H and O–H groups in total. The van der Waals surface area contributed by atoms with E-state index >= 15 is 0 Å². The van der Waals surface area contributed by atoms with Crippen molar-refractivity contribution in [2.24, 2.45) is 4.99 Å². The third-order valence-corrected chi connectivity index (χ3v) is 4.84.